The van der Waals surface area contributed by atoms with E-state index < -0.39 is 5.91 Å². The number of nitrogens with zero attached hydrogens (tertiary/aromatic N) is 2. The number of ether oxygens (including phenoxy) is 1. The Labute approximate surface area is 167 Å². The van der Waals surface area contributed by atoms with Crippen molar-refractivity contribution in [3.63, 3.8) is 0 Å². The molecule has 1 amide bonds. The van der Waals surface area contributed by atoms with E-state index in [1.54, 1.807) is 29.7 Å². The maximum atomic E-state index is 11.5. The molecule has 1 aliphatic rings. The van der Waals surface area contributed by atoms with E-state index in [1.165, 1.54) is 0 Å². The van der Waals surface area contributed by atoms with Crippen LogP contribution in [0.2, 0.25) is 0 Å². The summed E-state index contributed by atoms with van der Waals surface area (Å²) >= 11 is 1.63. The number of carbonyl (C=O) groups is 1. The molecule has 2 heterocycles. The van der Waals surface area contributed by atoms with E-state index >= 15 is 0 Å². The molecule has 2 aromatic heterocycles. The number of thiazole rings is 1. The van der Waals surface area contributed by atoms with Crippen molar-refractivity contribution in [2.75, 3.05) is 5.32 Å². The molecule has 144 valence electrons. The predicted molar refractivity (Wildman–Crippen MR) is 111 cm³/mol. The van der Waals surface area contributed by atoms with Gasteiger partial charge in [-0.25, -0.2) is 9.97 Å². The van der Waals surface area contributed by atoms with Crippen molar-refractivity contribution in [1.29, 1.82) is 0 Å². The first-order valence-electron chi connectivity index (χ1n) is 9.38. The van der Waals surface area contributed by atoms with Crippen LogP contribution in [0, 0.1) is 0 Å². The van der Waals surface area contributed by atoms with E-state index in [0.717, 1.165) is 42.1 Å². The van der Waals surface area contributed by atoms with Crippen molar-refractivity contribution in [3.05, 3.63) is 59.6 Å². The maximum absolute atomic E-state index is 11.5. The monoisotopic (exact) mass is 394 g/mol. The molecule has 1 aromatic carbocycles. The largest absolute Gasteiger partial charge is 0.474 e. The number of benzene rings is 1. The number of carbonyl (C=O) groups excluding carboxylic acids is 1. The van der Waals surface area contributed by atoms with Crippen LogP contribution in [0.4, 0.5) is 5.13 Å². The fourth-order valence-electron chi connectivity index (χ4n) is 3.41. The second-order valence-corrected chi connectivity index (χ2v) is 7.72. The van der Waals surface area contributed by atoms with Gasteiger partial charge in [0.1, 0.15) is 11.7 Å². The van der Waals surface area contributed by atoms with Crippen LogP contribution in [0.25, 0.3) is 11.3 Å². The van der Waals surface area contributed by atoms with E-state index in [-0.39, 0.29) is 6.10 Å². The zero-order chi connectivity index (χ0) is 19.3. The Kier molecular flexibility index (Phi) is 5.53. The Morgan fingerprint density at radius 3 is 2.64 bits per heavy atom. The lowest BCUT2D eigenvalue weighted by molar-refractivity contribution is 0.0983. The molecule has 3 aromatic rings. The standard InChI is InChI=1S/C21H22N4O2S/c22-19(26)17-7-4-12-23-20(17)27-16-10-8-15(9-11-16)24-21-25-18(13-28-21)14-5-2-1-3-6-14/h1-7,12-13,15-16H,8-11H2,(H2,22,26)(H,24,25)/t15-,16-. The van der Waals surface area contributed by atoms with Crippen LogP contribution in [-0.2, 0) is 0 Å². The molecule has 4 rings (SSSR count). The van der Waals surface area contributed by atoms with Gasteiger partial charge in [-0.05, 0) is 37.8 Å². The molecule has 1 saturated carbocycles. The van der Waals surface area contributed by atoms with Crippen molar-refractivity contribution in [3.8, 4) is 17.1 Å². The maximum Gasteiger partial charge on any atom is 0.254 e. The van der Waals surface area contributed by atoms with E-state index in [9.17, 15) is 4.79 Å². The third-order valence-corrected chi connectivity index (χ3v) is 5.66. The van der Waals surface area contributed by atoms with Crippen LogP contribution in [0.3, 0.4) is 0 Å². The smallest absolute Gasteiger partial charge is 0.254 e. The lowest BCUT2D eigenvalue weighted by Gasteiger charge is -2.29. The van der Waals surface area contributed by atoms with Crippen LogP contribution >= 0.6 is 11.3 Å². The lowest BCUT2D eigenvalue weighted by atomic mass is 9.93. The van der Waals surface area contributed by atoms with Crippen molar-refractivity contribution in [2.24, 2.45) is 5.73 Å². The second-order valence-electron chi connectivity index (χ2n) is 6.86. The van der Waals surface area contributed by atoms with Gasteiger partial charge in [-0.2, -0.15) is 0 Å². The van der Waals surface area contributed by atoms with Crippen LogP contribution in [0.5, 0.6) is 5.88 Å². The Morgan fingerprint density at radius 1 is 1.11 bits per heavy atom. The molecule has 1 aliphatic carbocycles. The molecule has 3 N–H and O–H groups in total. The van der Waals surface area contributed by atoms with E-state index in [2.05, 4.69) is 27.8 Å². The average Bonchev–Trinajstić information content (AvgIpc) is 3.19. The molecule has 0 spiro atoms. The highest BCUT2D eigenvalue weighted by Crippen LogP contribution is 2.29. The molecule has 28 heavy (non-hydrogen) atoms. The first-order valence-corrected chi connectivity index (χ1v) is 10.3. The lowest BCUT2D eigenvalue weighted by Crippen LogP contribution is -2.31. The van der Waals surface area contributed by atoms with Gasteiger partial charge in [0.25, 0.3) is 5.91 Å². The number of nitrogens with two attached hydrogens (primary N) is 1. The molecule has 0 bridgehead atoms. The normalized spacial score (nSPS) is 19.1. The molecule has 0 unspecified atom stereocenters. The SMILES string of the molecule is NC(=O)c1cccnc1O[C@H]1CC[C@H](Nc2nc(-c3ccccc3)cs2)CC1. The third-order valence-electron chi connectivity index (χ3n) is 4.89. The summed E-state index contributed by atoms with van der Waals surface area (Å²) in [5.41, 5.74) is 7.86. The molecular formula is C21H22N4O2S. The summed E-state index contributed by atoms with van der Waals surface area (Å²) < 4.78 is 5.96. The van der Waals surface area contributed by atoms with Crippen molar-refractivity contribution in [2.45, 2.75) is 37.8 Å². The summed E-state index contributed by atoms with van der Waals surface area (Å²) in [6.45, 7) is 0. The minimum Gasteiger partial charge on any atom is -0.474 e. The third kappa shape index (κ3) is 4.31. The van der Waals surface area contributed by atoms with E-state index in [0.29, 0.717) is 17.5 Å². The minimum absolute atomic E-state index is 0.0437. The van der Waals surface area contributed by atoms with Crippen molar-refractivity contribution >= 4 is 22.4 Å². The number of aromatic nitrogens is 2. The van der Waals surface area contributed by atoms with E-state index in [4.69, 9.17) is 15.5 Å². The summed E-state index contributed by atoms with van der Waals surface area (Å²) in [4.78, 5) is 20.4. The summed E-state index contributed by atoms with van der Waals surface area (Å²) in [6.07, 6.45) is 5.39. The molecule has 0 radical (unpaired) electrons. The average molecular weight is 395 g/mol. The van der Waals surface area contributed by atoms with Gasteiger partial charge in [0, 0.05) is 23.2 Å². The first kappa shape index (κ1) is 18.4. The van der Waals surface area contributed by atoms with Crippen molar-refractivity contribution < 1.29 is 9.53 Å². The number of primary amides is 1. The highest BCUT2D eigenvalue weighted by atomic mass is 32.1. The number of anilines is 1. The van der Waals surface area contributed by atoms with Crippen molar-refractivity contribution in [1.82, 2.24) is 9.97 Å². The van der Waals surface area contributed by atoms with Crippen LogP contribution in [0.1, 0.15) is 36.0 Å². The van der Waals surface area contributed by atoms with Gasteiger partial charge < -0.3 is 15.8 Å². The number of hydrogen-bond donors (Lipinski definition) is 2. The van der Waals surface area contributed by atoms with Gasteiger partial charge in [0.15, 0.2) is 5.13 Å². The summed E-state index contributed by atoms with van der Waals surface area (Å²) in [5, 5.41) is 6.58. The number of nitrogens with one attached hydrogen (secondary N) is 1. The molecule has 1 fully saturated rings. The first-order chi connectivity index (χ1) is 13.7. The van der Waals surface area contributed by atoms with Gasteiger partial charge in [-0.1, -0.05) is 30.3 Å². The molecule has 7 heteroatoms. The molecular weight excluding hydrogens is 372 g/mol. The molecule has 0 aliphatic heterocycles. The zero-order valence-electron chi connectivity index (χ0n) is 15.4. The quantitative estimate of drug-likeness (QED) is 0.657. The Hall–Kier alpha value is -2.93. The fraction of sp³-hybridized carbons (Fsp3) is 0.286. The van der Waals surface area contributed by atoms with Gasteiger partial charge in [0.2, 0.25) is 5.88 Å². The van der Waals surface area contributed by atoms with Crippen LogP contribution in [0.15, 0.2) is 54.0 Å². The Balaban J connectivity index is 1.32. The highest BCUT2D eigenvalue weighted by Gasteiger charge is 2.24. The molecule has 0 saturated heterocycles. The topological polar surface area (TPSA) is 90.1 Å². The number of hydrogen-bond acceptors (Lipinski definition) is 6. The Bertz CT molecular complexity index is 936. The van der Waals surface area contributed by atoms with Gasteiger partial charge >= 0.3 is 0 Å². The molecule has 6 nitrogen and oxygen atoms in total. The zero-order valence-corrected chi connectivity index (χ0v) is 16.2. The molecule has 0 atom stereocenters. The van der Waals surface area contributed by atoms with Gasteiger partial charge in [-0.15, -0.1) is 11.3 Å². The van der Waals surface area contributed by atoms with Gasteiger partial charge in [0.05, 0.1) is 5.69 Å². The van der Waals surface area contributed by atoms with Crippen LogP contribution < -0.4 is 15.8 Å². The minimum atomic E-state index is -0.517. The Morgan fingerprint density at radius 2 is 1.89 bits per heavy atom. The van der Waals surface area contributed by atoms with Gasteiger partial charge in [-0.3, -0.25) is 4.79 Å². The number of amides is 1. The number of rotatable bonds is 6. The summed E-state index contributed by atoms with van der Waals surface area (Å²) in [6, 6.07) is 13.9. The summed E-state index contributed by atoms with van der Waals surface area (Å²) in [7, 11) is 0. The predicted octanol–water partition coefficient (Wildman–Crippen LogP) is 4.11. The second kappa shape index (κ2) is 8.39. The fourth-order valence-corrected chi connectivity index (χ4v) is 4.21. The summed E-state index contributed by atoms with van der Waals surface area (Å²) in [5.74, 6) is -0.185. The van der Waals surface area contributed by atoms with E-state index in [1.807, 2.05) is 18.2 Å². The highest BCUT2D eigenvalue weighted by molar-refractivity contribution is 7.14. The number of pyridine rings is 1. The van der Waals surface area contributed by atoms with Crippen LogP contribution in [-0.4, -0.2) is 28.0 Å².